The highest BCUT2D eigenvalue weighted by Crippen LogP contribution is 2.25. The first kappa shape index (κ1) is 26.6. The molecule has 2 aromatic carbocycles. The highest BCUT2D eigenvalue weighted by Gasteiger charge is 2.25. The number of amides is 1. The Balaban J connectivity index is 1.59. The van der Waals surface area contributed by atoms with Gasteiger partial charge in [0.25, 0.3) is 11.5 Å². The van der Waals surface area contributed by atoms with E-state index in [4.69, 9.17) is 0 Å². The molecule has 0 bridgehead atoms. The number of carbonyl (C=O) groups excluding carboxylic acids is 1. The Bertz CT molecular complexity index is 1250. The van der Waals surface area contributed by atoms with Gasteiger partial charge in [-0.15, -0.1) is 0 Å². The van der Waals surface area contributed by atoms with Crippen molar-refractivity contribution in [1.29, 1.82) is 0 Å². The number of rotatable bonds is 12. The molecule has 0 saturated heterocycles. The van der Waals surface area contributed by atoms with Crippen molar-refractivity contribution in [3.8, 4) is 5.69 Å². The minimum Gasteiger partial charge on any atom is -0.358 e. The maximum atomic E-state index is 13.6. The minimum atomic E-state index is -0.251. The molecular weight excluding hydrogens is 464 g/mol. The molecule has 0 aliphatic heterocycles. The third-order valence-electron chi connectivity index (χ3n) is 6.71. The van der Waals surface area contributed by atoms with Crippen molar-refractivity contribution in [2.24, 2.45) is 5.92 Å². The van der Waals surface area contributed by atoms with Crippen LogP contribution in [0.5, 0.6) is 0 Å². The van der Waals surface area contributed by atoms with E-state index in [-0.39, 0.29) is 35.3 Å². The normalized spacial score (nSPS) is 14.8. The van der Waals surface area contributed by atoms with E-state index in [1.807, 2.05) is 31.2 Å². The first-order valence-electron chi connectivity index (χ1n) is 13.0. The van der Waals surface area contributed by atoms with Crippen LogP contribution in [0, 0.1) is 12.8 Å². The van der Waals surface area contributed by atoms with Crippen molar-refractivity contribution in [1.82, 2.24) is 25.1 Å². The van der Waals surface area contributed by atoms with E-state index >= 15 is 0 Å². The van der Waals surface area contributed by atoms with Crippen LogP contribution in [0.1, 0.15) is 47.3 Å². The number of anilines is 1. The second-order valence-electron chi connectivity index (χ2n) is 10.2. The summed E-state index contributed by atoms with van der Waals surface area (Å²) in [5.74, 6) is 0.364. The van der Waals surface area contributed by atoms with E-state index in [0.29, 0.717) is 11.3 Å². The third-order valence-corrected chi connectivity index (χ3v) is 6.71. The summed E-state index contributed by atoms with van der Waals surface area (Å²) in [6.45, 7) is 6.74. The van der Waals surface area contributed by atoms with Crippen LogP contribution in [0.2, 0.25) is 0 Å². The van der Waals surface area contributed by atoms with Gasteiger partial charge in [0.1, 0.15) is 0 Å². The first-order valence-corrected chi connectivity index (χ1v) is 13.0. The molecule has 1 amide bonds. The Morgan fingerprint density at radius 1 is 1.16 bits per heavy atom. The van der Waals surface area contributed by atoms with Crippen LogP contribution in [0.3, 0.4) is 0 Å². The molecule has 8 heteroatoms. The maximum Gasteiger partial charge on any atom is 0.297 e. The molecule has 1 aliphatic carbocycles. The SMILES string of the molecule is Cc1ccc(C(=O)NC2CC2)cc1-n1ccnc(N[C@@H](c2ccccc2)[C@@H](C)CNCCN(C)C)c1=O. The average molecular weight is 503 g/mol. The lowest BCUT2D eigenvalue weighted by atomic mass is 9.94. The van der Waals surface area contributed by atoms with E-state index < -0.39 is 0 Å². The van der Waals surface area contributed by atoms with Crippen LogP contribution in [0.25, 0.3) is 5.69 Å². The quantitative estimate of drug-likeness (QED) is 0.329. The highest BCUT2D eigenvalue weighted by molar-refractivity contribution is 5.95. The lowest BCUT2D eigenvalue weighted by Crippen LogP contribution is -2.34. The number of carbonyl (C=O) groups is 1. The van der Waals surface area contributed by atoms with E-state index in [0.717, 1.165) is 43.6 Å². The van der Waals surface area contributed by atoms with E-state index in [1.54, 1.807) is 29.1 Å². The fourth-order valence-corrected chi connectivity index (χ4v) is 4.32. The summed E-state index contributed by atoms with van der Waals surface area (Å²) < 4.78 is 1.57. The molecule has 1 fully saturated rings. The second kappa shape index (κ2) is 12.2. The molecule has 4 rings (SSSR count). The number of likely N-dealkylation sites (N-methyl/N-ethyl adjacent to an activating group) is 1. The van der Waals surface area contributed by atoms with Crippen LogP contribution < -0.4 is 21.5 Å². The van der Waals surface area contributed by atoms with Gasteiger partial charge >= 0.3 is 0 Å². The van der Waals surface area contributed by atoms with Gasteiger partial charge in [-0.2, -0.15) is 0 Å². The molecule has 2 atom stereocenters. The smallest absolute Gasteiger partial charge is 0.297 e. The third kappa shape index (κ3) is 7.05. The number of hydrogen-bond donors (Lipinski definition) is 3. The fraction of sp³-hybridized carbons (Fsp3) is 0.414. The molecular formula is C29H38N6O2. The number of benzene rings is 2. The first-order chi connectivity index (χ1) is 17.8. The maximum absolute atomic E-state index is 13.6. The molecule has 196 valence electrons. The summed E-state index contributed by atoms with van der Waals surface area (Å²) >= 11 is 0. The Morgan fingerprint density at radius 3 is 2.62 bits per heavy atom. The van der Waals surface area contributed by atoms with E-state index in [9.17, 15) is 9.59 Å². The molecule has 8 nitrogen and oxygen atoms in total. The molecule has 1 aliphatic rings. The van der Waals surface area contributed by atoms with Crippen molar-refractivity contribution < 1.29 is 4.79 Å². The summed E-state index contributed by atoms with van der Waals surface area (Å²) in [6.07, 6.45) is 5.33. The number of nitrogens with zero attached hydrogens (tertiary/aromatic N) is 3. The molecule has 1 aromatic heterocycles. The highest BCUT2D eigenvalue weighted by atomic mass is 16.2. The lowest BCUT2D eigenvalue weighted by Gasteiger charge is -2.27. The Morgan fingerprint density at radius 2 is 1.92 bits per heavy atom. The lowest BCUT2D eigenvalue weighted by molar-refractivity contribution is 0.0951. The summed E-state index contributed by atoms with van der Waals surface area (Å²) in [5, 5.41) is 9.98. The van der Waals surface area contributed by atoms with Crippen molar-refractivity contribution in [3.05, 3.63) is 88.0 Å². The number of aromatic nitrogens is 2. The second-order valence-corrected chi connectivity index (χ2v) is 10.2. The summed E-state index contributed by atoms with van der Waals surface area (Å²) in [5.41, 5.74) is 2.97. The standard InChI is InChI=1S/C29H38N6O2/c1-20-10-11-23(28(36)32-24-12-13-24)18-25(20)35-17-15-31-27(29(35)37)33-26(22-8-6-5-7-9-22)21(2)19-30-14-16-34(3)4/h5-11,15,17-18,21,24,26,30H,12-14,16,19H2,1-4H3,(H,31,33)(H,32,36)/t21-,26+/m0/s1. The van der Waals surface area contributed by atoms with Crippen LogP contribution in [-0.4, -0.2) is 60.1 Å². The van der Waals surface area contributed by atoms with Gasteiger partial charge in [-0.3, -0.25) is 14.2 Å². The van der Waals surface area contributed by atoms with Crippen molar-refractivity contribution in [2.75, 3.05) is 39.0 Å². The van der Waals surface area contributed by atoms with Crippen LogP contribution in [-0.2, 0) is 0 Å². The van der Waals surface area contributed by atoms with Crippen molar-refractivity contribution in [2.45, 2.75) is 38.8 Å². The summed E-state index contributed by atoms with van der Waals surface area (Å²) in [7, 11) is 4.12. The molecule has 3 N–H and O–H groups in total. The van der Waals surface area contributed by atoms with Gasteiger partial charge in [-0.25, -0.2) is 4.98 Å². The Labute approximate surface area is 219 Å². The molecule has 0 radical (unpaired) electrons. The van der Waals surface area contributed by atoms with Crippen LogP contribution in [0.15, 0.2) is 65.7 Å². The summed E-state index contributed by atoms with van der Waals surface area (Å²) in [4.78, 5) is 32.8. The van der Waals surface area contributed by atoms with Gasteiger partial charge in [0.2, 0.25) is 0 Å². The fourth-order valence-electron chi connectivity index (χ4n) is 4.32. The van der Waals surface area contributed by atoms with Crippen LogP contribution >= 0.6 is 0 Å². The van der Waals surface area contributed by atoms with Crippen molar-refractivity contribution >= 4 is 11.7 Å². The average Bonchev–Trinajstić information content (AvgIpc) is 3.70. The van der Waals surface area contributed by atoms with E-state index in [2.05, 4.69) is 59.0 Å². The number of hydrogen-bond acceptors (Lipinski definition) is 6. The largest absolute Gasteiger partial charge is 0.358 e. The molecule has 37 heavy (non-hydrogen) atoms. The monoisotopic (exact) mass is 502 g/mol. The zero-order chi connectivity index (χ0) is 26.4. The predicted octanol–water partition coefficient (Wildman–Crippen LogP) is 3.37. The minimum absolute atomic E-state index is 0.107. The van der Waals surface area contributed by atoms with Gasteiger partial charge < -0.3 is 20.9 Å². The van der Waals surface area contributed by atoms with Crippen molar-refractivity contribution in [3.63, 3.8) is 0 Å². The van der Waals surface area contributed by atoms with Gasteiger partial charge in [0.15, 0.2) is 5.82 Å². The van der Waals surface area contributed by atoms with Gasteiger partial charge in [0, 0.05) is 43.6 Å². The molecule has 1 heterocycles. The zero-order valence-electron chi connectivity index (χ0n) is 22.2. The van der Waals surface area contributed by atoms with Gasteiger partial charge in [-0.05, 0) is 63.0 Å². The van der Waals surface area contributed by atoms with Gasteiger partial charge in [0.05, 0.1) is 11.7 Å². The van der Waals surface area contributed by atoms with E-state index in [1.165, 1.54) is 0 Å². The predicted molar refractivity (Wildman–Crippen MR) is 148 cm³/mol. The Kier molecular flexibility index (Phi) is 8.74. The Hall–Kier alpha value is -3.49. The van der Waals surface area contributed by atoms with Crippen LogP contribution in [0.4, 0.5) is 5.82 Å². The molecule has 0 spiro atoms. The number of nitrogens with one attached hydrogen (secondary N) is 3. The summed E-state index contributed by atoms with van der Waals surface area (Å²) in [6, 6.07) is 15.8. The number of aryl methyl sites for hydroxylation is 1. The molecule has 3 aromatic rings. The zero-order valence-corrected chi connectivity index (χ0v) is 22.2. The molecule has 0 unspecified atom stereocenters. The topological polar surface area (TPSA) is 91.3 Å². The van der Waals surface area contributed by atoms with Gasteiger partial charge in [-0.1, -0.05) is 43.3 Å². The molecule has 1 saturated carbocycles.